The number of benzene rings is 1. The van der Waals surface area contributed by atoms with E-state index in [0.29, 0.717) is 6.04 Å². The van der Waals surface area contributed by atoms with E-state index in [-0.39, 0.29) is 11.8 Å². The van der Waals surface area contributed by atoms with Gasteiger partial charge in [0.15, 0.2) is 5.78 Å². The third kappa shape index (κ3) is 3.24. The second-order valence-corrected chi connectivity index (χ2v) is 7.45. The van der Waals surface area contributed by atoms with Crippen molar-refractivity contribution in [3.8, 4) is 0 Å². The van der Waals surface area contributed by atoms with E-state index < -0.39 is 0 Å². The third-order valence-electron chi connectivity index (χ3n) is 5.29. The van der Waals surface area contributed by atoms with Gasteiger partial charge in [-0.25, -0.2) is 0 Å². The van der Waals surface area contributed by atoms with Gasteiger partial charge in [0, 0.05) is 16.1 Å². The predicted molar refractivity (Wildman–Crippen MR) is 89.6 cm³/mol. The summed E-state index contributed by atoms with van der Waals surface area (Å²) in [5, 5.41) is 0. The Morgan fingerprint density at radius 2 is 1.81 bits per heavy atom. The molecule has 1 saturated carbocycles. The topological polar surface area (TPSA) is 20.3 Å². The minimum Gasteiger partial charge on any atom is -0.292 e. The fraction of sp³-hybridized carbons (Fsp3) is 0.611. The van der Waals surface area contributed by atoms with Gasteiger partial charge < -0.3 is 0 Å². The lowest BCUT2D eigenvalue weighted by molar-refractivity contribution is 0.0770. The Balaban J connectivity index is 1.72. The summed E-state index contributed by atoms with van der Waals surface area (Å²) in [4.78, 5) is 15.2. The van der Waals surface area contributed by atoms with E-state index >= 15 is 0 Å². The first kappa shape index (κ1) is 15.2. The monoisotopic (exact) mass is 349 g/mol. The van der Waals surface area contributed by atoms with Gasteiger partial charge in [0.05, 0.1) is 6.04 Å². The highest BCUT2D eigenvalue weighted by Crippen LogP contribution is 2.36. The van der Waals surface area contributed by atoms with Crippen LogP contribution in [0, 0.1) is 5.92 Å². The Labute approximate surface area is 136 Å². The average molecular weight is 350 g/mol. The minimum atomic E-state index is 0.0132. The van der Waals surface area contributed by atoms with E-state index in [1.165, 1.54) is 38.5 Å². The van der Waals surface area contributed by atoms with Crippen LogP contribution in [0.5, 0.6) is 0 Å². The van der Waals surface area contributed by atoms with Crippen LogP contribution in [-0.4, -0.2) is 29.3 Å². The van der Waals surface area contributed by atoms with E-state index in [9.17, 15) is 4.79 Å². The molecule has 2 aliphatic rings. The maximum Gasteiger partial charge on any atom is 0.179 e. The Hall–Kier alpha value is -0.670. The highest BCUT2D eigenvalue weighted by atomic mass is 79.9. The quantitative estimate of drug-likeness (QED) is 0.735. The summed E-state index contributed by atoms with van der Waals surface area (Å²) in [5.41, 5.74) is 0.836. The lowest BCUT2D eigenvalue weighted by atomic mass is 9.94. The Morgan fingerprint density at radius 1 is 1.14 bits per heavy atom. The van der Waals surface area contributed by atoms with Crippen LogP contribution in [0.2, 0.25) is 0 Å². The van der Waals surface area contributed by atoms with Crippen molar-refractivity contribution >= 4 is 21.7 Å². The number of ketones is 1. The molecule has 21 heavy (non-hydrogen) atoms. The molecule has 2 fully saturated rings. The van der Waals surface area contributed by atoms with Gasteiger partial charge in [-0.2, -0.15) is 0 Å². The third-order valence-corrected chi connectivity index (χ3v) is 5.82. The Kier molecular flexibility index (Phi) is 4.80. The van der Waals surface area contributed by atoms with Crippen molar-refractivity contribution in [1.29, 1.82) is 0 Å². The molecule has 0 amide bonds. The Bertz CT molecular complexity index is 492. The van der Waals surface area contributed by atoms with E-state index in [4.69, 9.17) is 0 Å². The number of Topliss-reactive ketones (excluding diaryl/α,β-unsaturated/α-hetero) is 1. The maximum absolute atomic E-state index is 12.7. The zero-order valence-electron chi connectivity index (χ0n) is 12.7. The molecule has 0 radical (unpaired) electrons. The van der Waals surface area contributed by atoms with E-state index in [2.05, 4.69) is 27.8 Å². The molecular weight excluding hydrogens is 326 g/mol. The van der Waals surface area contributed by atoms with Crippen LogP contribution in [0.1, 0.15) is 55.8 Å². The first-order valence-electron chi connectivity index (χ1n) is 8.22. The molecule has 2 nitrogen and oxygen atoms in total. The number of nitrogens with zero attached hydrogens (tertiary/aromatic N) is 1. The molecule has 0 aromatic heterocycles. The van der Waals surface area contributed by atoms with Crippen molar-refractivity contribution < 1.29 is 4.79 Å². The van der Waals surface area contributed by atoms with Crippen molar-refractivity contribution in [3.05, 3.63) is 34.3 Å². The molecule has 0 spiro atoms. The molecule has 2 atom stereocenters. The summed E-state index contributed by atoms with van der Waals surface area (Å²) in [5.74, 6) is 1.10. The number of halogens is 1. The number of carbonyl (C=O) groups is 1. The number of rotatable bonds is 4. The first-order chi connectivity index (χ1) is 10.2. The van der Waals surface area contributed by atoms with Gasteiger partial charge in [-0.3, -0.25) is 9.69 Å². The van der Waals surface area contributed by atoms with Crippen molar-refractivity contribution in [2.45, 2.75) is 57.5 Å². The normalized spacial score (nSPS) is 25.3. The molecule has 0 bridgehead atoms. The zero-order valence-corrected chi connectivity index (χ0v) is 14.3. The smallest absolute Gasteiger partial charge is 0.179 e. The first-order valence-corrected chi connectivity index (χ1v) is 9.01. The van der Waals surface area contributed by atoms with Gasteiger partial charge in [0.2, 0.25) is 0 Å². The molecular formula is C18H24BrNO. The summed E-state index contributed by atoms with van der Waals surface area (Å²) in [6, 6.07) is 8.44. The van der Waals surface area contributed by atoms with Crippen LogP contribution in [0.25, 0.3) is 0 Å². The summed E-state index contributed by atoms with van der Waals surface area (Å²) in [6.45, 7) is 3.18. The van der Waals surface area contributed by atoms with Crippen LogP contribution < -0.4 is 0 Å². The number of hydrogen-bond acceptors (Lipinski definition) is 2. The van der Waals surface area contributed by atoms with E-state index in [1.807, 2.05) is 24.3 Å². The molecule has 1 aromatic rings. The SMILES string of the molecule is CC(C(=O)c1ccc(Br)cc1)N1CCCC1C1CCCC1. The molecule has 1 aromatic carbocycles. The average Bonchev–Trinajstić information content (AvgIpc) is 3.17. The molecule has 114 valence electrons. The van der Waals surface area contributed by atoms with Crippen molar-refractivity contribution in [1.82, 2.24) is 4.90 Å². The second kappa shape index (κ2) is 6.62. The molecule has 1 aliphatic carbocycles. The highest BCUT2D eigenvalue weighted by molar-refractivity contribution is 9.10. The zero-order chi connectivity index (χ0) is 14.8. The lowest BCUT2D eigenvalue weighted by Crippen LogP contribution is -2.44. The molecule has 3 heteroatoms. The summed E-state index contributed by atoms with van der Waals surface area (Å²) < 4.78 is 1.02. The lowest BCUT2D eigenvalue weighted by Gasteiger charge is -2.33. The number of carbonyl (C=O) groups excluding carboxylic acids is 1. The Morgan fingerprint density at radius 3 is 2.48 bits per heavy atom. The van der Waals surface area contributed by atoms with E-state index in [0.717, 1.165) is 22.5 Å². The minimum absolute atomic E-state index is 0.0132. The molecule has 0 N–H and O–H groups in total. The number of hydrogen-bond donors (Lipinski definition) is 0. The standard InChI is InChI=1S/C18H24BrNO/c1-13(18(21)15-8-10-16(19)11-9-15)20-12-4-7-17(20)14-5-2-3-6-14/h8-11,13-14,17H,2-7,12H2,1H3. The molecule has 2 unspecified atom stereocenters. The van der Waals surface area contributed by atoms with Crippen molar-refractivity contribution in [3.63, 3.8) is 0 Å². The molecule has 1 heterocycles. The highest BCUT2D eigenvalue weighted by Gasteiger charge is 2.37. The summed E-state index contributed by atoms with van der Waals surface area (Å²) in [7, 11) is 0. The number of likely N-dealkylation sites (tertiary alicyclic amines) is 1. The summed E-state index contributed by atoms with van der Waals surface area (Å²) >= 11 is 3.43. The van der Waals surface area contributed by atoms with Gasteiger partial charge in [-0.15, -0.1) is 0 Å². The van der Waals surface area contributed by atoms with Crippen LogP contribution in [-0.2, 0) is 0 Å². The fourth-order valence-electron chi connectivity index (χ4n) is 4.15. The van der Waals surface area contributed by atoms with Gasteiger partial charge in [0.25, 0.3) is 0 Å². The van der Waals surface area contributed by atoms with Crippen LogP contribution >= 0.6 is 15.9 Å². The van der Waals surface area contributed by atoms with Gasteiger partial charge in [0.1, 0.15) is 0 Å². The van der Waals surface area contributed by atoms with Gasteiger partial charge in [-0.1, -0.05) is 40.9 Å². The molecule has 1 saturated heterocycles. The predicted octanol–water partition coefficient (Wildman–Crippen LogP) is 4.67. The van der Waals surface area contributed by atoms with Crippen LogP contribution in [0.4, 0.5) is 0 Å². The largest absolute Gasteiger partial charge is 0.292 e. The van der Waals surface area contributed by atoms with Crippen molar-refractivity contribution in [2.24, 2.45) is 5.92 Å². The fourth-order valence-corrected chi connectivity index (χ4v) is 4.41. The van der Waals surface area contributed by atoms with E-state index in [1.54, 1.807) is 0 Å². The second-order valence-electron chi connectivity index (χ2n) is 6.54. The van der Waals surface area contributed by atoms with Gasteiger partial charge in [-0.05, 0) is 57.2 Å². The maximum atomic E-state index is 12.7. The molecule has 3 rings (SSSR count). The van der Waals surface area contributed by atoms with Crippen LogP contribution in [0.15, 0.2) is 28.7 Å². The summed E-state index contributed by atoms with van der Waals surface area (Å²) in [6.07, 6.45) is 8.01. The molecule has 1 aliphatic heterocycles. The van der Waals surface area contributed by atoms with Crippen LogP contribution in [0.3, 0.4) is 0 Å². The van der Waals surface area contributed by atoms with Crippen molar-refractivity contribution in [2.75, 3.05) is 6.54 Å². The van der Waals surface area contributed by atoms with Gasteiger partial charge >= 0.3 is 0 Å².